The van der Waals surface area contributed by atoms with E-state index < -0.39 is 10.0 Å². The molecule has 0 aromatic heterocycles. The first kappa shape index (κ1) is 13.2. The standard InChI is InChI=1S/C9H18N2O2S.ClH/c10-6-7-2-1-3-9(7)11-14(12,13)8-4-5-8;/h7-9,11H,1-6,10H2;1H. The fourth-order valence-corrected chi connectivity index (χ4v) is 3.84. The van der Waals surface area contributed by atoms with Crippen LogP contribution in [0.25, 0.3) is 0 Å². The summed E-state index contributed by atoms with van der Waals surface area (Å²) in [4.78, 5) is 0. The van der Waals surface area contributed by atoms with E-state index in [0.717, 1.165) is 32.1 Å². The van der Waals surface area contributed by atoms with Crippen molar-refractivity contribution in [3.05, 3.63) is 0 Å². The fourth-order valence-electron chi connectivity index (χ4n) is 2.16. The Morgan fingerprint density at radius 3 is 2.40 bits per heavy atom. The Labute approximate surface area is 97.5 Å². The summed E-state index contributed by atoms with van der Waals surface area (Å²) in [6.45, 7) is 0.595. The molecule has 4 nitrogen and oxygen atoms in total. The van der Waals surface area contributed by atoms with E-state index in [-0.39, 0.29) is 23.7 Å². The molecule has 0 heterocycles. The molecule has 2 atom stereocenters. The first-order chi connectivity index (χ1) is 6.63. The van der Waals surface area contributed by atoms with Crippen LogP contribution in [0, 0.1) is 5.92 Å². The quantitative estimate of drug-likeness (QED) is 0.773. The lowest BCUT2D eigenvalue weighted by Crippen LogP contribution is -2.41. The second-order valence-electron chi connectivity index (χ2n) is 4.40. The maximum atomic E-state index is 11.7. The maximum absolute atomic E-state index is 11.7. The summed E-state index contributed by atoms with van der Waals surface area (Å²) in [5, 5.41) is -0.110. The van der Waals surface area contributed by atoms with Gasteiger partial charge in [-0.25, -0.2) is 13.1 Å². The number of nitrogens with two attached hydrogens (primary N) is 1. The van der Waals surface area contributed by atoms with E-state index in [1.165, 1.54) is 0 Å². The van der Waals surface area contributed by atoms with Gasteiger partial charge in [-0.3, -0.25) is 0 Å². The van der Waals surface area contributed by atoms with Gasteiger partial charge in [-0.15, -0.1) is 12.4 Å². The Kier molecular flexibility index (Phi) is 4.40. The van der Waals surface area contributed by atoms with Crippen molar-refractivity contribution in [3.63, 3.8) is 0 Å². The highest BCUT2D eigenvalue weighted by molar-refractivity contribution is 7.90. The molecule has 6 heteroatoms. The third-order valence-electron chi connectivity index (χ3n) is 3.24. The van der Waals surface area contributed by atoms with E-state index in [1.54, 1.807) is 0 Å². The van der Waals surface area contributed by atoms with Crippen molar-refractivity contribution in [2.45, 2.75) is 43.4 Å². The first-order valence-corrected chi connectivity index (χ1v) is 6.89. The maximum Gasteiger partial charge on any atom is 0.214 e. The van der Waals surface area contributed by atoms with Gasteiger partial charge < -0.3 is 5.73 Å². The van der Waals surface area contributed by atoms with Gasteiger partial charge in [0.2, 0.25) is 10.0 Å². The van der Waals surface area contributed by atoms with Crippen LogP contribution in [-0.2, 0) is 10.0 Å². The minimum Gasteiger partial charge on any atom is -0.330 e. The summed E-state index contributed by atoms with van der Waals surface area (Å²) in [7, 11) is -3.02. The number of nitrogens with one attached hydrogen (secondary N) is 1. The van der Waals surface area contributed by atoms with Crippen LogP contribution in [0.4, 0.5) is 0 Å². The largest absolute Gasteiger partial charge is 0.330 e. The molecular formula is C9H19ClN2O2S. The topological polar surface area (TPSA) is 72.2 Å². The molecule has 2 fully saturated rings. The predicted octanol–water partition coefficient (Wildman–Crippen LogP) is 0.617. The SMILES string of the molecule is Cl.NCC1CCCC1NS(=O)(=O)C1CC1. The molecule has 2 saturated carbocycles. The Bertz CT molecular complexity index is 303. The molecular weight excluding hydrogens is 236 g/mol. The summed E-state index contributed by atoms with van der Waals surface area (Å²) >= 11 is 0. The van der Waals surface area contributed by atoms with Crippen LogP contribution in [0.3, 0.4) is 0 Å². The molecule has 2 rings (SSSR count). The first-order valence-electron chi connectivity index (χ1n) is 5.34. The van der Waals surface area contributed by atoms with Gasteiger partial charge in [0.25, 0.3) is 0 Å². The van der Waals surface area contributed by atoms with Gasteiger partial charge in [-0.1, -0.05) is 6.42 Å². The molecule has 15 heavy (non-hydrogen) atoms. The fraction of sp³-hybridized carbons (Fsp3) is 1.00. The van der Waals surface area contributed by atoms with Crippen molar-refractivity contribution in [2.24, 2.45) is 11.7 Å². The van der Waals surface area contributed by atoms with Crippen LogP contribution >= 0.6 is 12.4 Å². The second kappa shape index (κ2) is 4.99. The smallest absolute Gasteiger partial charge is 0.214 e. The van der Waals surface area contributed by atoms with Crippen LogP contribution in [0.1, 0.15) is 32.1 Å². The van der Waals surface area contributed by atoms with Crippen molar-refractivity contribution in [1.82, 2.24) is 4.72 Å². The molecule has 0 amide bonds. The van der Waals surface area contributed by atoms with Gasteiger partial charge in [-0.2, -0.15) is 0 Å². The lowest BCUT2D eigenvalue weighted by atomic mass is 10.1. The summed E-state index contributed by atoms with van der Waals surface area (Å²) in [5.41, 5.74) is 5.60. The Balaban J connectivity index is 0.00000112. The van der Waals surface area contributed by atoms with Gasteiger partial charge in [0, 0.05) is 6.04 Å². The number of rotatable bonds is 4. The summed E-state index contributed by atoms with van der Waals surface area (Å²) in [6, 6.07) is 0.102. The minimum absolute atomic E-state index is 0. The summed E-state index contributed by atoms with van der Waals surface area (Å²) in [6.07, 6.45) is 4.77. The predicted molar refractivity (Wildman–Crippen MR) is 62.5 cm³/mol. The van der Waals surface area contributed by atoms with Crippen molar-refractivity contribution in [3.8, 4) is 0 Å². The van der Waals surface area contributed by atoms with Crippen LogP contribution in [-0.4, -0.2) is 26.3 Å². The van der Waals surface area contributed by atoms with Gasteiger partial charge in [0.15, 0.2) is 0 Å². The molecule has 0 bridgehead atoms. The molecule has 3 N–H and O–H groups in total. The van der Waals surface area contributed by atoms with Gasteiger partial charge in [0.05, 0.1) is 5.25 Å². The van der Waals surface area contributed by atoms with Crippen molar-refractivity contribution < 1.29 is 8.42 Å². The third-order valence-corrected chi connectivity index (χ3v) is 5.22. The molecule has 0 aromatic carbocycles. The molecule has 2 aliphatic rings. The lowest BCUT2D eigenvalue weighted by molar-refractivity contribution is 0.452. The van der Waals surface area contributed by atoms with Gasteiger partial charge in [-0.05, 0) is 38.1 Å². The van der Waals surface area contributed by atoms with Crippen molar-refractivity contribution in [1.29, 1.82) is 0 Å². The molecule has 0 radical (unpaired) electrons. The van der Waals surface area contributed by atoms with Gasteiger partial charge in [0.1, 0.15) is 0 Å². The molecule has 0 aromatic rings. The zero-order valence-corrected chi connectivity index (χ0v) is 10.3. The van der Waals surface area contributed by atoms with Crippen molar-refractivity contribution in [2.75, 3.05) is 6.54 Å². The molecule has 2 aliphatic carbocycles. The average Bonchev–Trinajstić information content (AvgIpc) is 2.89. The van der Waals surface area contributed by atoms with E-state index >= 15 is 0 Å². The minimum atomic E-state index is -3.02. The average molecular weight is 255 g/mol. The molecule has 0 saturated heterocycles. The number of sulfonamides is 1. The molecule has 90 valence electrons. The van der Waals surface area contributed by atoms with E-state index in [0.29, 0.717) is 12.5 Å². The van der Waals surface area contributed by atoms with Crippen LogP contribution in [0.15, 0.2) is 0 Å². The number of hydrogen-bond donors (Lipinski definition) is 2. The van der Waals surface area contributed by atoms with Crippen LogP contribution < -0.4 is 10.5 Å². The zero-order valence-electron chi connectivity index (χ0n) is 8.69. The van der Waals surface area contributed by atoms with E-state index in [9.17, 15) is 8.42 Å². The Morgan fingerprint density at radius 2 is 1.87 bits per heavy atom. The molecule has 0 aliphatic heterocycles. The highest BCUT2D eigenvalue weighted by Crippen LogP contribution is 2.31. The van der Waals surface area contributed by atoms with E-state index in [2.05, 4.69) is 4.72 Å². The highest BCUT2D eigenvalue weighted by atomic mass is 35.5. The third kappa shape index (κ3) is 3.06. The molecule has 0 spiro atoms. The zero-order chi connectivity index (χ0) is 10.2. The van der Waals surface area contributed by atoms with E-state index in [1.807, 2.05) is 0 Å². The number of hydrogen-bond acceptors (Lipinski definition) is 3. The van der Waals surface area contributed by atoms with Crippen LogP contribution in [0.2, 0.25) is 0 Å². The highest BCUT2D eigenvalue weighted by Gasteiger charge is 2.39. The normalized spacial score (nSPS) is 31.3. The van der Waals surface area contributed by atoms with E-state index in [4.69, 9.17) is 5.73 Å². The number of halogens is 1. The summed E-state index contributed by atoms with van der Waals surface area (Å²) < 4.78 is 26.1. The second-order valence-corrected chi connectivity index (χ2v) is 6.39. The van der Waals surface area contributed by atoms with Gasteiger partial charge >= 0.3 is 0 Å². The van der Waals surface area contributed by atoms with Crippen molar-refractivity contribution >= 4 is 22.4 Å². The Hall–Kier alpha value is 0.160. The summed E-state index contributed by atoms with van der Waals surface area (Å²) in [5.74, 6) is 0.350. The van der Waals surface area contributed by atoms with Crippen LogP contribution in [0.5, 0.6) is 0 Å². The lowest BCUT2D eigenvalue weighted by Gasteiger charge is -2.19. The molecule has 2 unspecified atom stereocenters. The monoisotopic (exact) mass is 254 g/mol. The Morgan fingerprint density at radius 1 is 1.20 bits per heavy atom.